The van der Waals surface area contributed by atoms with Gasteiger partial charge in [0.25, 0.3) is 0 Å². The van der Waals surface area contributed by atoms with Crippen LogP contribution in [0, 0.1) is 0 Å². The van der Waals surface area contributed by atoms with Gasteiger partial charge in [0, 0.05) is 6.42 Å². The fourth-order valence-corrected chi connectivity index (χ4v) is 1.43. The van der Waals surface area contributed by atoms with E-state index in [1.807, 2.05) is 7.05 Å². The quantitative estimate of drug-likeness (QED) is 0.357. The summed E-state index contributed by atoms with van der Waals surface area (Å²) in [4.78, 5) is 0. The van der Waals surface area contributed by atoms with E-state index in [9.17, 15) is 22.0 Å². The molecule has 25 heavy (non-hydrogen) atoms. The van der Waals surface area contributed by atoms with Gasteiger partial charge in [-0.25, -0.2) is 17.6 Å². The molecule has 0 aromatic carbocycles. The van der Waals surface area contributed by atoms with Crippen molar-refractivity contribution in [1.82, 2.24) is 4.57 Å². The molecule has 1 rings (SSSR count). The van der Waals surface area contributed by atoms with E-state index in [-0.39, 0.29) is 6.42 Å². The Kier molecular flexibility index (Phi) is 11.8. The van der Waals surface area contributed by atoms with Crippen LogP contribution in [0.25, 0.3) is 0 Å². The van der Waals surface area contributed by atoms with Crippen molar-refractivity contribution in [1.29, 1.82) is 0 Å². The predicted octanol–water partition coefficient (Wildman–Crippen LogP) is 3.10. The number of imidazole rings is 1. The zero-order chi connectivity index (χ0) is 20.3. The Morgan fingerprint density at radius 1 is 1.16 bits per heavy atom. The first-order chi connectivity index (χ1) is 11.1. The van der Waals surface area contributed by atoms with Crippen LogP contribution in [0.5, 0.6) is 0 Å². The highest BCUT2D eigenvalue weighted by Gasteiger charge is 2.56. The van der Waals surface area contributed by atoms with Gasteiger partial charge in [-0.05, 0) is 6.42 Å². The summed E-state index contributed by atoms with van der Waals surface area (Å²) in [6, 6.07) is 0. The molecule has 1 aromatic heterocycles. The van der Waals surface area contributed by atoms with Crippen LogP contribution in [0.15, 0.2) is 18.7 Å². The predicted molar refractivity (Wildman–Crippen MR) is 78.8 cm³/mol. The summed E-state index contributed by atoms with van der Waals surface area (Å²) >= 11 is 0. The number of rotatable bonds is 5. The SMILES string of the molecule is CCCC(F)(F)C(F)(F)F.CCCCn1cc[n+](C)c1.O=S(=O)([O-])O. The maximum atomic E-state index is 11.8. The van der Waals surface area contributed by atoms with E-state index in [1.54, 1.807) is 0 Å². The van der Waals surface area contributed by atoms with E-state index >= 15 is 0 Å². The lowest BCUT2D eigenvalue weighted by Crippen LogP contribution is -2.35. The highest BCUT2D eigenvalue weighted by Crippen LogP contribution is 2.38. The number of aryl methyl sites for hydroxylation is 2. The molecule has 0 fully saturated rings. The molecule has 1 aromatic rings. The maximum Gasteiger partial charge on any atom is 0.453 e. The molecule has 0 atom stereocenters. The van der Waals surface area contributed by atoms with Crippen LogP contribution < -0.4 is 4.57 Å². The van der Waals surface area contributed by atoms with E-state index in [2.05, 4.69) is 34.8 Å². The average Bonchev–Trinajstić information content (AvgIpc) is 2.79. The van der Waals surface area contributed by atoms with Crippen molar-refractivity contribution < 1.29 is 44.0 Å². The molecular formula is C13H23F5N2O4S. The summed E-state index contributed by atoms with van der Waals surface area (Å²) in [5.41, 5.74) is 0. The summed E-state index contributed by atoms with van der Waals surface area (Å²) in [5, 5.41) is 0. The summed E-state index contributed by atoms with van der Waals surface area (Å²) in [7, 11) is -2.87. The van der Waals surface area contributed by atoms with Gasteiger partial charge in [-0.1, -0.05) is 26.7 Å². The van der Waals surface area contributed by atoms with Crippen LogP contribution in [0.1, 0.15) is 39.5 Å². The lowest BCUT2D eigenvalue weighted by Gasteiger charge is -2.18. The van der Waals surface area contributed by atoms with Crippen LogP contribution in [0.4, 0.5) is 22.0 Å². The van der Waals surface area contributed by atoms with Gasteiger partial charge in [-0.3, -0.25) is 4.55 Å². The first kappa shape index (κ1) is 26.0. The summed E-state index contributed by atoms with van der Waals surface area (Å²) in [5.74, 6) is -4.51. The van der Waals surface area contributed by atoms with E-state index in [0.29, 0.717) is 0 Å². The normalized spacial score (nSPS) is 11.9. The third-order valence-electron chi connectivity index (χ3n) is 2.57. The highest BCUT2D eigenvalue weighted by molar-refractivity contribution is 7.79. The minimum atomic E-state index is -5.39. The molecule has 1 N–H and O–H groups in total. The van der Waals surface area contributed by atoms with E-state index < -0.39 is 28.9 Å². The third kappa shape index (κ3) is 16.0. The average molecular weight is 398 g/mol. The topological polar surface area (TPSA) is 86.2 Å². The van der Waals surface area contributed by atoms with Crippen LogP contribution in [0.2, 0.25) is 0 Å². The van der Waals surface area contributed by atoms with Gasteiger partial charge >= 0.3 is 12.1 Å². The molecule has 12 heteroatoms. The summed E-state index contributed by atoms with van der Waals surface area (Å²) < 4.78 is 94.5. The molecule has 0 saturated heterocycles. The van der Waals surface area contributed by atoms with Crippen molar-refractivity contribution in [2.75, 3.05) is 0 Å². The van der Waals surface area contributed by atoms with Gasteiger partial charge in [-0.2, -0.15) is 22.0 Å². The van der Waals surface area contributed by atoms with Gasteiger partial charge in [0.15, 0.2) is 0 Å². The fraction of sp³-hybridized carbons (Fsp3) is 0.769. The first-order valence-corrected chi connectivity index (χ1v) is 8.64. The standard InChI is InChI=1S/C8H15N2.C5H7F5.H2O4S/c1-3-4-5-10-7-6-9(2)8-10;1-2-3-4(6,7)5(8,9)10;1-5(2,3)4/h6-8H,3-5H2,1-2H3;2-3H2,1H3;(H2,1,2,3,4)/q+1;;/p-1. The van der Waals surface area contributed by atoms with Gasteiger partial charge in [0.1, 0.15) is 12.4 Å². The summed E-state index contributed by atoms with van der Waals surface area (Å²) in [6.45, 7) is 4.64. The van der Waals surface area contributed by atoms with Crippen LogP contribution in [0.3, 0.4) is 0 Å². The molecule has 0 unspecified atom stereocenters. The van der Waals surface area contributed by atoms with Gasteiger partial charge in [0.05, 0.1) is 13.6 Å². The molecule has 0 spiro atoms. The van der Waals surface area contributed by atoms with Crippen molar-refractivity contribution in [2.24, 2.45) is 7.05 Å². The van der Waals surface area contributed by atoms with E-state index in [1.165, 1.54) is 19.8 Å². The number of nitrogens with zero attached hydrogens (tertiary/aromatic N) is 2. The van der Waals surface area contributed by atoms with Gasteiger partial charge < -0.3 is 4.55 Å². The van der Waals surface area contributed by atoms with Crippen LogP contribution >= 0.6 is 0 Å². The minimum absolute atomic E-state index is 0.174. The Labute approximate surface area is 143 Å². The number of hydrogen-bond acceptors (Lipinski definition) is 3. The van der Waals surface area contributed by atoms with Crippen LogP contribution in [-0.2, 0) is 24.0 Å². The number of alkyl halides is 5. The van der Waals surface area contributed by atoms with Gasteiger partial charge in [0.2, 0.25) is 16.7 Å². The number of unbranched alkanes of at least 4 members (excludes halogenated alkanes) is 1. The molecule has 0 bridgehead atoms. The Morgan fingerprint density at radius 2 is 1.64 bits per heavy atom. The number of aromatic nitrogens is 2. The fourth-order valence-electron chi connectivity index (χ4n) is 1.43. The monoisotopic (exact) mass is 398 g/mol. The lowest BCUT2D eigenvalue weighted by atomic mass is 10.2. The van der Waals surface area contributed by atoms with E-state index in [0.717, 1.165) is 6.54 Å². The number of hydrogen-bond donors (Lipinski definition) is 1. The molecule has 0 aliphatic carbocycles. The second-order valence-electron chi connectivity index (χ2n) is 5.05. The lowest BCUT2D eigenvalue weighted by molar-refractivity contribution is -0.671. The molecule has 0 saturated carbocycles. The number of halogens is 5. The first-order valence-electron chi connectivity index (χ1n) is 7.27. The Balaban J connectivity index is 0. The molecule has 0 aliphatic rings. The van der Waals surface area contributed by atoms with Crippen molar-refractivity contribution in [2.45, 2.75) is 58.2 Å². The minimum Gasteiger partial charge on any atom is -0.726 e. The largest absolute Gasteiger partial charge is 0.726 e. The third-order valence-corrected chi connectivity index (χ3v) is 2.57. The Morgan fingerprint density at radius 3 is 1.88 bits per heavy atom. The molecule has 150 valence electrons. The highest BCUT2D eigenvalue weighted by atomic mass is 32.3. The van der Waals surface area contributed by atoms with Crippen molar-refractivity contribution in [3.05, 3.63) is 18.7 Å². The van der Waals surface area contributed by atoms with Crippen molar-refractivity contribution in [3.63, 3.8) is 0 Å². The molecule has 1 heterocycles. The Hall–Kier alpha value is -1.27. The summed E-state index contributed by atoms with van der Waals surface area (Å²) in [6.07, 6.45) is 2.13. The van der Waals surface area contributed by atoms with Crippen molar-refractivity contribution >= 4 is 10.4 Å². The second-order valence-corrected chi connectivity index (χ2v) is 5.91. The maximum absolute atomic E-state index is 11.8. The van der Waals surface area contributed by atoms with E-state index in [4.69, 9.17) is 17.5 Å². The second kappa shape index (κ2) is 11.4. The zero-order valence-electron chi connectivity index (χ0n) is 14.1. The van der Waals surface area contributed by atoms with Crippen molar-refractivity contribution in [3.8, 4) is 0 Å². The molecule has 0 aliphatic heterocycles. The smallest absolute Gasteiger partial charge is 0.453 e. The molecule has 0 amide bonds. The Bertz CT molecular complexity index is 565. The van der Waals surface area contributed by atoms with Crippen LogP contribution in [-0.4, -0.2) is 34.2 Å². The van der Waals surface area contributed by atoms with Gasteiger partial charge in [-0.15, -0.1) is 0 Å². The zero-order valence-corrected chi connectivity index (χ0v) is 14.9. The molecule has 0 radical (unpaired) electrons. The molecular weight excluding hydrogens is 375 g/mol. The molecule has 6 nitrogen and oxygen atoms in total.